The molecule has 87 valence electrons. The number of hydrogen-bond donors (Lipinski definition) is 4. The van der Waals surface area contributed by atoms with Crippen molar-refractivity contribution in [1.29, 1.82) is 0 Å². The molecule has 0 aromatic heterocycles. The zero-order valence-electron chi connectivity index (χ0n) is 7.24. The number of aliphatic carboxylic acids is 4. The van der Waals surface area contributed by atoms with Crippen LogP contribution in [0.15, 0.2) is 0 Å². The molecule has 7 N–H and O–H groups in total. The van der Waals surface area contributed by atoms with E-state index in [2.05, 4.69) is 0 Å². The third kappa shape index (κ3) is 32.8. The number of carboxylic acid groups (broad SMARTS) is 4. The van der Waals surface area contributed by atoms with Crippen molar-refractivity contribution in [3.63, 3.8) is 0 Å². The summed E-state index contributed by atoms with van der Waals surface area (Å²) in [5, 5.41) is 31.1. The Bertz CT molecular complexity index is 190. The molecule has 0 aliphatic rings. The Labute approximate surface area is 94.3 Å². The van der Waals surface area contributed by atoms with Gasteiger partial charge in [0, 0.05) is 0 Å². The molecule has 0 rings (SSSR count). The third-order valence-electron chi connectivity index (χ3n) is 0.358. The summed E-state index contributed by atoms with van der Waals surface area (Å²) in [5.74, 6) is -7.66. The summed E-state index contributed by atoms with van der Waals surface area (Å²) >= 11 is 0.500. The molecule has 0 saturated heterocycles. The second-order valence-corrected chi connectivity index (χ2v) is 1.20. The van der Waals surface area contributed by atoms with E-state index in [0.717, 1.165) is 0 Å². The number of hydrogen-bond acceptors (Lipinski definition) is 6. The minimum atomic E-state index is -2.07. The van der Waals surface area contributed by atoms with Gasteiger partial charge in [0.05, 0.1) is 0 Å². The van der Waals surface area contributed by atoms with Crippen LogP contribution >= 0.6 is 0 Å². The number of carbonyl (C=O) groups is 4. The van der Waals surface area contributed by atoms with Crippen molar-refractivity contribution >= 4 is 23.9 Å². The monoisotopic (exact) mass is 306 g/mol. The van der Waals surface area contributed by atoms with Crippen molar-refractivity contribution in [1.82, 2.24) is 6.15 Å². The van der Waals surface area contributed by atoms with Crippen molar-refractivity contribution in [2.75, 3.05) is 0 Å². The van der Waals surface area contributed by atoms with E-state index in [1.165, 1.54) is 0 Å². The fourth-order valence-electron chi connectivity index (χ4n) is 0. The van der Waals surface area contributed by atoms with Crippen molar-refractivity contribution in [2.45, 2.75) is 0 Å². The first kappa shape index (κ1) is 23.3. The van der Waals surface area contributed by atoms with E-state index in [4.69, 9.17) is 42.9 Å². The quantitative estimate of drug-likeness (QED) is 0.269. The molecule has 0 fully saturated rings. The average molecular weight is 306 g/mol. The fourth-order valence-corrected chi connectivity index (χ4v) is 0. The number of quaternary nitrogens is 1. The van der Waals surface area contributed by atoms with Gasteiger partial charge in [0.15, 0.2) is 5.97 Å². The molecule has 0 aliphatic heterocycles. The molecule has 0 heterocycles. The van der Waals surface area contributed by atoms with Gasteiger partial charge in [0.1, 0.15) is 0 Å². The van der Waals surface area contributed by atoms with Crippen LogP contribution in [0, 0.1) is 0 Å². The summed E-state index contributed by atoms with van der Waals surface area (Å²) in [4.78, 5) is 36.2. The summed E-state index contributed by atoms with van der Waals surface area (Å²) in [6.45, 7) is 0. The average Bonchev–Trinajstić information content (AvgIpc) is 2.08. The van der Waals surface area contributed by atoms with E-state index >= 15 is 0 Å². The summed E-state index contributed by atoms with van der Waals surface area (Å²) in [5.41, 5.74) is 0. The predicted molar refractivity (Wildman–Crippen MR) is 34.6 cm³/mol. The molecule has 0 radical (unpaired) electrons. The van der Waals surface area contributed by atoms with Crippen LogP contribution in [0.3, 0.4) is 0 Å². The van der Waals surface area contributed by atoms with E-state index in [-0.39, 0.29) is 6.15 Å². The second-order valence-electron chi connectivity index (χ2n) is 1.20. The van der Waals surface area contributed by atoms with Crippen molar-refractivity contribution in [2.24, 2.45) is 0 Å². The summed E-state index contributed by atoms with van der Waals surface area (Å²) in [6, 6.07) is 0. The van der Waals surface area contributed by atoms with Gasteiger partial charge in [0.25, 0.3) is 0 Å². The van der Waals surface area contributed by atoms with Crippen LogP contribution in [0.2, 0.25) is 0 Å². The standard InChI is InChI=1S/2C2H2O4.H3N.Nb.O/c2*3-1(4)2(5)6;;;/h2*(H,3,4)(H,5,6);1H3;;. The summed E-state index contributed by atoms with van der Waals surface area (Å²) < 4.78 is 8.30. The van der Waals surface area contributed by atoms with E-state index in [1.807, 2.05) is 0 Å². The number of rotatable bonds is 0. The molecule has 10 nitrogen and oxygen atoms in total. The SMILES string of the molecule is O=C(O)C(=O)O.O=C([O-])C(=O)O.[NH4+].[O]=[Nb]. The molecule has 15 heavy (non-hydrogen) atoms. The van der Waals surface area contributed by atoms with Crippen LogP contribution in [0.1, 0.15) is 0 Å². The van der Waals surface area contributed by atoms with Gasteiger partial charge < -0.3 is 31.4 Å². The van der Waals surface area contributed by atoms with Gasteiger partial charge in [-0.2, -0.15) is 0 Å². The first-order valence-corrected chi connectivity index (χ1v) is 3.27. The molecule has 0 atom stereocenters. The maximum atomic E-state index is 9.10. The van der Waals surface area contributed by atoms with E-state index in [0.29, 0.717) is 21.0 Å². The first-order valence-electron chi connectivity index (χ1n) is 2.37. The second kappa shape index (κ2) is 14.9. The normalized spacial score (nSPS) is 6.07. The van der Waals surface area contributed by atoms with Crippen LogP contribution < -0.4 is 11.3 Å². The fraction of sp³-hybridized carbons (Fsp3) is 0. The summed E-state index contributed by atoms with van der Waals surface area (Å²) in [6.07, 6.45) is 0. The van der Waals surface area contributed by atoms with Gasteiger partial charge in [-0.3, -0.25) is 0 Å². The topological polar surface area (TPSA) is 206 Å². The van der Waals surface area contributed by atoms with Gasteiger partial charge in [0.2, 0.25) is 0 Å². The van der Waals surface area contributed by atoms with Crippen LogP contribution in [0.25, 0.3) is 0 Å². The molecule has 0 aromatic carbocycles. The predicted octanol–water partition coefficient (Wildman–Crippen LogP) is -2.77. The van der Waals surface area contributed by atoms with Gasteiger partial charge in [-0.25, -0.2) is 14.4 Å². The molecule has 0 bridgehead atoms. The number of carbonyl (C=O) groups excluding carboxylic acids is 1. The molecule has 11 heteroatoms. The van der Waals surface area contributed by atoms with Gasteiger partial charge in [-0.15, -0.1) is 0 Å². The Balaban J connectivity index is -0.0000000653. The minimum absolute atomic E-state index is 0. The molecule has 0 unspecified atom stereocenters. The molecular formula is C4H7NNbO9. The van der Waals surface area contributed by atoms with E-state index in [1.54, 1.807) is 0 Å². The van der Waals surface area contributed by atoms with Gasteiger partial charge in [-0.1, -0.05) is 0 Å². The van der Waals surface area contributed by atoms with Crippen LogP contribution in [0.5, 0.6) is 0 Å². The Morgan fingerprint density at radius 2 is 0.933 bits per heavy atom. The zero-order chi connectivity index (χ0) is 12.3. The Morgan fingerprint density at radius 1 is 0.800 bits per heavy atom. The van der Waals surface area contributed by atoms with Crippen LogP contribution in [-0.2, 0) is 43.5 Å². The van der Waals surface area contributed by atoms with Gasteiger partial charge >= 0.3 is 42.2 Å². The molecule has 0 amide bonds. The molecule has 0 aromatic rings. The zero-order valence-corrected chi connectivity index (χ0v) is 9.44. The van der Waals surface area contributed by atoms with Crippen LogP contribution in [0.4, 0.5) is 0 Å². The van der Waals surface area contributed by atoms with Crippen molar-refractivity contribution in [3.8, 4) is 0 Å². The molecular weight excluding hydrogens is 299 g/mol. The Hall–Kier alpha value is -1.62. The molecule has 0 aliphatic carbocycles. The molecule has 0 saturated carbocycles. The molecule has 0 spiro atoms. The van der Waals surface area contributed by atoms with E-state index in [9.17, 15) is 0 Å². The first-order chi connectivity index (χ1) is 6.29. The maximum absolute atomic E-state index is 9.10. The third-order valence-corrected chi connectivity index (χ3v) is 0.358. The van der Waals surface area contributed by atoms with E-state index < -0.39 is 23.9 Å². The van der Waals surface area contributed by atoms with Crippen molar-refractivity contribution in [3.05, 3.63) is 0 Å². The Morgan fingerprint density at radius 3 is 0.933 bits per heavy atom. The van der Waals surface area contributed by atoms with Crippen molar-refractivity contribution < 1.29 is 63.9 Å². The number of carboxylic acids is 4. The Kier molecular flexibility index (Phi) is 23.1. The summed E-state index contributed by atoms with van der Waals surface area (Å²) in [7, 11) is 0. The van der Waals surface area contributed by atoms with Crippen LogP contribution in [-0.4, -0.2) is 39.2 Å². The van der Waals surface area contributed by atoms with Gasteiger partial charge in [-0.05, 0) is 0 Å².